The molecule has 3 rings (SSSR count). The molecule has 1 aromatic rings. The van der Waals surface area contributed by atoms with E-state index in [9.17, 15) is 14.4 Å². The number of carbonyl (C=O) groups is 3. The molecule has 2 heterocycles. The maximum absolute atomic E-state index is 12.8. The van der Waals surface area contributed by atoms with E-state index in [1.807, 2.05) is 24.4 Å². The third-order valence-electron chi connectivity index (χ3n) is 5.08. The molecule has 4 amide bonds. The lowest BCUT2D eigenvalue weighted by molar-refractivity contribution is -0.137. The van der Waals surface area contributed by atoms with Gasteiger partial charge in [0, 0.05) is 11.4 Å². The molecule has 0 unspecified atom stereocenters. The molecule has 1 saturated carbocycles. The van der Waals surface area contributed by atoms with Gasteiger partial charge in [0.1, 0.15) is 12.1 Å². The van der Waals surface area contributed by atoms with Crippen LogP contribution in [0.5, 0.6) is 0 Å². The first kappa shape index (κ1) is 17.0. The first-order valence-corrected chi connectivity index (χ1v) is 9.34. The van der Waals surface area contributed by atoms with Crippen LogP contribution in [0.4, 0.5) is 4.79 Å². The molecule has 1 aromatic heterocycles. The quantitative estimate of drug-likeness (QED) is 0.797. The molecular formula is C17H23N3O3S. The summed E-state index contributed by atoms with van der Waals surface area (Å²) in [6.45, 7) is 2.30. The Morgan fingerprint density at radius 3 is 3.00 bits per heavy atom. The third-order valence-corrected chi connectivity index (χ3v) is 6.01. The van der Waals surface area contributed by atoms with Crippen molar-refractivity contribution in [2.45, 2.75) is 44.6 Å². The average Bonchev–Trinajstić information content (AvgIpc) is 3.14. The van der Waals surface area contributed by atoms with Gasteiger partial charge in [-0.3, -0.25) is 14.5 Å². The summed E-state index contributed by atoms with van der Waals surface area (Å²) < 4.78 is 0. The summed E-state index contributed by atoms with van der Waals surface area (Å²) in [6, 6.07) is 3.55. The molecule has 0 bridgehead atoms. The van der Waals surface area contributed by atoms with Crippen molar-refractivity contribution >= 4 is 29.2 Å². The zero-order chi connectivity index (χ0) is 17.2. The van der Waals surface area contributed by atoms with Crippen LogP contribution in [0, 0.1) is 5.92 Å². The van der Waals surface area contributed by atoms with Crippen LogP contribution in [0.15, 0.2) is 17.5 Å². The predicted octanol–water partition coefficient (Wildman–Crippen LogP) is 1.91. The molecule has 2 aliphatic rings. The topological polar surface area (TPSA) is 78.5 Å². The average molecular weight is 349 g/mol. The number of amides is 4. The predicted molar refractivity (Wildman–Crippen MR) is 91.6 cm³/mol. The molecule has 7 heteroatoms. The van der Waals surface area contributed by atoms with Gasteiger partial charge in [0.25, 0.3) is 5.91 Å². The minimum atomic E-state index is -0.799. The Morgan fingerprint density at radius 1 is 1.46 bits per heavy atom. The normalized spacial score (nSPS) is 26.7. The number of nitrogens with one attached hydrogen (secondary N) is 2. The van der Waals surface area contributed by atoms with Crippen molar-refractivity contribution in [2.75, 3.05) is 13.1 Å². The highest BCUT2D eigenvalue weighted by atomic mass is 32.1. The highest BCUT2D eigenvalue weighted by Crippen LogP contribution is 2.38. The molecular weight excluding hydrogens is 326 g/mol. The summed E-state index contributed by atoms with van der Waals surface area (Å²) in [4.78, 5) is 39.3. The van der Waals surface area contributed by atoms with Crippen LogP contribution in [0.25, 0.3) is 0 Å². The lowest BCUT2D eigenvalue weighted by atomic mass is 9.73. The van der Waals surface area contributed by atoms with Crippen molar-refractivity contribution in [3.05, 3.63) is 22.4 Å². The Hall–Kier alpha value is -1.89. The van der Waals surface area contributed by atoms with E-state index in [1.54, 1.807) is 11.3 Å². The lowest BCUT2D eigenvalue weighted by Gasteiger charge is -2.36. The van der Waals surface area contributed by atoms with Crippen LogP contribution in [0.2, 0.25) is 0 Å². The summed E-state index contributed by atoms with van der Waals surface area (Å²) >= 11 is 1.64. The summed E-state index contributed by atoms with van der Waals surface area (Å²) in [7, 11) is 0. The fourth-order valence-corrected chi connectivity index (χ4v) is 4.33. The monoisotopic (exact) mass is 349 g/mol. The number of rotatable bonds is 5. The van der Waals surface area contributed by atoms with Gasteiger partial charge in [-0.25, -0.2) is 4.79 Å². The molecule has 24 heavy (non-hydrogen) atoms. The van der Waals surface area contributed by atoms with E-state index in [-0.39, 0.29) is 24.3 Å². The molecule has 2 atom stereocenters. The second-order valence-corrected chi connectivity index (χ2v) is 7.65. The third kappa shape index (κ3) is 3.17. The minimum absolute atomic E-state index is 0.106. The molecule has 1 saturated heterocycles. The second-order valence-electron chi connectivity index (χ2n) is 6.62. The first-order chi connectivity index (χ1) is 11.5. The van der Waals surface area contributed by atoms with E-state index in [0.717, 1.165) is 30.6 Å². The molecule has 2 fully saturated rings. The number of urea groups is 1. The van der Waals surface area contributed by atoms with Crippen molar-refractivity contribution < 1.29 is 14.4 Å². The molecule has 2 N–H and O–H groups in total. The van der Waals surface area contributed by atoms with Crippen LogP contribution >= 0.6 is 11.3 Å². The van der Waals surface area contributed by atoms with Crippen molar-refractivity contribution in [2.24, 2.45) is 5.92 Å². The molecule has 130 valence electrons. The van der Waals surface area contributed by atoms with E-state index in [4.69, 9.17) is 0 Å². The smallest absolute Gasteiger partial charge is 0.325 e. The summed E-state index contributed by atoms with van der Waals surface area (Å²) in [6.07, 6.45) is 4.35. The van der Waals surface area contributed by atoms with Gasteiger partial charge in [-0.1, -0.05) is 25.8 Å². The van der Waals surface area contributed by atoms with Gasteiger partial charge in [0.15, 0.2) is 0 Å². The van der Waals surface area contributed by atoms with Crippen LogP contribution in [0.1, 0.15) is 37.5 Å². The zero-order valence-corrected chi connectivity index (χ0v) is 14.7. The van der Waals surface area contributed by atoms with Gasteiger partial charge >= 0.3 is 6.03 Å². The lowest BCUT2D eigenvalue weighted by Crippen LogP contribution is -2.54. The fraction of sp³-hybridized carbons (Fsp3) is 0.588. The van der Waals surface area contributed by atoms with E-state index >= 15 is 0 Å². The van der Waals surface area contributed by atoms with Crippen LogP contribution in [-0.4, -0.2) is 41.4 Å². The molecule has 0 aromatic carbocycles. The van der Waals surface area contributed by atoms with Crippen molar-refractivity contribution in [3.63, 3.8) is 0 Å². The highest BCUT2D eigenvalue weighted by molar-refractivity contribution is 7.09. The van der Waals surface area contributed by atoms with Crippen molar-refractivity contribution in [3.8, 4) is 0 Å². The first-order valence-electron chi connectivity index (χ1n) is 8.46. The number of imide groups is 1. The summed E-state index contributed by atoms with van der Waals surface area (Å²) in [5.74, 6) is -0.432. The fourth-order valence-electron chi connectivity index (χ4n) is 3.62. The standard InChI is InChI=1S/C17H23N3O3S/c1-12-5-2-3-8-17(12)15(22)20(16(23)19-17)11-14(21)18-9-7-13-6-4-10-24-13/h4,6,10,12H,2-3,5,7-9,11H2,1H3,(H,18,21)(H,19,23)/t12-,17+/m0/s1. The van der Waals surface area contributed by atoms with Gasteiger partial charge < -0.3 is 10.6 Å². The van der Waals surface area contributed by atoms with E-state index in [0.29, 0.717) is 13.0 Å². The van der Waals surface area contributed by atoms with Gasteiger partial charge in [0.05, 0.1) is 0 Å². The van der Waals surface area contributed by atoms with Gasteiger partial charge in [-0.05, 0) is 36.6 Å². The second kappa shape index (κ2) is 6.93. The van der Waals surface area contributed by atoms with E-state index < -0.39 is 11.6 Å². The van der Waals surface area contributed by atoms with Crippen LogP contribution in [-0.2, 0) is 16.0 Å². The van der Waals surface area contributed by atoms with Crippen molar-refractivity contribution in [1.29, 1.82) is 0 Å². The van der Waals surface area contributed by atoms with E-state index in [2.05, 4.69) is 10.6 Å². The maximum atomic E-state index is 12.8. The SMILES string of the molecule is C[C@H]1CCCC[C@@]12NC(=O)N(CC(=O)NCCc1cccs1)C2=O. The van der Waals surface area contributed by atoms with Crippen molar-refractivity contribution in [1.82, 2.24) is 15.5 Å². The Balaban J connectivity index is 1.55. The number of carbonyl (C=O) groups excluding carboxylic acids is 3. The molecule has 6 nitrogen and oxygen atoms in total. The Bertz CT molecular complexity index is 631. The maximum Gasteiger partial charge on any atom is 0.325 e. The number of nitrogens with zero attached hydrogens (tertiary/aromatic N) is 1. The van der Waals surface area contributed by atoms with Crippen LogP contribution in [0.3, 0.4) is 0 Å². The van der Waals surface area contributed by atoms with Gasteiger partial charge in [-0.15, -0.1) is 11.3 Å². The summed E-state index contributed by atoms with van der Waals surface area (Å²) in [5.41, 5.74) is -0.799. The van der Waals surface area contributed by atoms with Gasteiger partial charge in [-0.2, -0.15) is 0 Å². The number of hydrogen-bond donors (Lipinski definition) is 2. The van der Waals surface area contributed by atoms with E-state index in [1.165, 1.54) is 4.88 Å². The van der Waals surface area contributed by atoms with Gasteiger partial charge in [0.2, 0.25) is 5.91 Å². The zero-order valence-electron chi connectivity index (χ0n) is 13.8. The molecule has 1 spiro atoms. The summed E-state index contributed by atoms with van der Waals surface area (Å²) in [5, 5.41) is 7.64. The number of thiophene rings is 1. The Kier molecular flexibility index (Phi) is 4.89. The Labute approximate surface area is 145 Å². The number of hydrogen-bond acceptors (Lipinski definition) is 4. The molecule has 0 radical (unpaired) electrons. The Morgan fingerprint density at radius 2 is 2.29 bits per heavy atom. The highest BCUT2D eigenvalue weighted by Gasteiger charge is 2.55. The van der Waals surface area contributed by atoms with Crippen LogP contribution < -0.4 is 10.6 Å². The largest absolute Gasteiger partial charge is 0.354 e. The minimum Gasteiger partial charge on any atom is -0.354 e. The molecule has 1 aliphatic carbocycles. The molecule has 1 aliphatic heterocycles.